The Balaban J connectivity index is 1.35. The van der Waals surface area contributed by atoms with Gasteiger partial charge in [0.05, 0.1) is 6.54 Å². The Morgan fingerprint density at radius 3 is 2.65 bits per heavy atom. The molecule has 26 heavy (non-hydrogen) atoms. The fourth-order valence-corrected chi connectivity index (χ4v) is 4.10. The molecule has 0 radical (unpaired) electrons. The molecule has 0 atom stereocenters. The minimum Gasteiger partial charge on any atom is -0.340 e. The second-order valence-electron chi connectivity index (χ2n) is 7.91. The average molecular weight is 363 g/mol. The summed E-state index contributed by atoms with van der Waals surface area (Å²) in [6, 6.07) is 0. The number of hydrogen-bond acceptors (Lipinski definition) is 5. The number of unbranched alkanes of at least 4 members (excludes halogenated alkanes) is 1. The van der Waals surface area contributed by atoms with Crippen LogP contribution in [0.15, 0.2) is 4.52 Å². The first kappa shape index (κ1) is 19.3. The zero-order valence-corrected chi connectivity index (χ0v) is 16.3. The number of aryl methyl sites for hydroxylation is 1. The molecule has 6 heteroatoms. The van der Waals surface area contributed by atoms with E-state index in [2.05, 4.69) is 22.0 Å². The Labute approximate surface area is 157 Å². The summed E-state index contributed by atoms with van der Waals surface area (Å²) in [6.45, 7) is 6.28. The number of amides is 1. The van der Waals surface area contributed by atoms with E-state index < -0.39 is 0 Å². The molecule has 0 spiro atoms. The molecule has 1 saturated heterocycles. The highest BCUT2D eigenvalue weighted by Gasteiger charge is 2.23. The molecule has 3 rings (SSSR count). The van der Waals surface area contributed by atoms with Gasteiger partial charge in [-0.3, -0.25) is 9.69 Å². The van der Waals surface area contributed by atoms with Crippen molar-refractivity contribution >= 4 is 5.91 Å². The van der Waals surface area contributed by atoms with Gasteiger partial charge >= 0.3 is 0 Å². The molecule has 1 aliphatic carbocycles. The van der Waals surface area contributed by atoms with E-state index in [4.69, 9.17) is 4.52 Å². The predicted molar refractivity (Wildman–Crippen MR) is 101 cm³/mol. The fourth-order valence-electron chi connectivity index (χ4n) is 4.10. The van der Waals surface area contributed by atoms with Crippen molar-refractivity contribution in [1.82, 2.24) is 19.9 Å². The van der Waals surface area contributed by atoms with Crippen molar-refractivity contribution < 1.29 is 9.32 Å². The Kier molecular flexibility index (Phi) is 7.47. The highest BCUT2D eigenvalue weighted by atomic mass is 16.5. The largest absolute Gasteiger partial charge is 0.340 e. The number of rotatable bonds is 8. The summed E-state index contributed by atoms with van der Waals surface area (Å²) in [5.74, 6) is 2.65. The molecule has 1 amide bonds. The van der Waals surface area contributed by atoms with Crippen LogP contribution in [-0.4, -0.2) is 52.0 Å². The van der Waals surface area contributed by atoms with Gasteiger partial charge < -0.3 is 9.42 Å². The van der Waals surface area contributed by atoms with E-state index in [0.717, 1.165) is 70.0 Å². The van der Waals surface area contributed by atoms with Gasteiger partial charge in [-0.1, -0.05) is 50.6 Å². The van der Waals surface area contributed by atoms with Crippen molar-refractivity contribution in [3.63, 3.8) is 0 Å². The maximum Gasteiger partial charge on any atom is 0.240 e. The van der Waals surface area contributed by atoms with Crippen LogP contribution in [0.1, 0.15) is 76.4 Å². The third kappa shape index (κ3) is 5.79. The standard InChI is InChI=1S/C20H34N4O2/c1-2-3-9-18-21-19(26-22-18)16-23-12-14-24(15-13-23)20(25)11-10-17-7-5-4-6-8-17/h17H,2-16H2,1H3. The Morgan fingerprint density at radius 2 is 1.92 bits per heavy atom. The molecule has 2 heterocycles. The van der Waals surface area contributed by atoms with Crippen LogP contribution in [0, 0.1) is 5.92 Å². The fraction of sp³-hybridized carbons (Fsp3) is 0.850. The highest BCUT2D eigenvalue weighted by molar-refractivity contribution is 5.76. The molecular formula is C20H34N4O2. The number of hydrogen-bond donors (Lipinski definition) is 0. The Bertz CT molecular complexity index is 546. The first-order valence-electron chi connectivity index (χ1n) is 10.6. The second kappa shape index (κ2) is 10.0. The van der Waals surface area contributed by atoms with Gasteiger partial charge in [-0.05, 0) is 18.8 Å². The molecule has 0 bridgehead atoms. The van der Waals surface area contributed by atoms with E-state index in [1.54, 1.807) is 0 Å². The van der Waals surface area contributed by atoms with Gasteiger partial charge in [0.15, 0.2) is 5.82 Å². The number of carbonyl (C=O) groups excluding carboxylic acids is 1. The average Bonchev–Trinajstić information content (AvgIpc) is 3.13. The van der Waals surface area contributed by atoms with Gasteiger partial charge in [-0.25, -0.2) is 0 Å². The van der Waals surface area contributed by atoms with Crippen molar-refractivity contribution in [3.8, 4) is 0 Å². The normalized spacial score (nSPS) is 19.8. The van der Waals surface area contributed by atoms with Crippen LogP contribution in [0.25, 0.3) is 0 Å². The quantitative estimate of drug-likeness (QED) is 0.709. The summed E-state index contributed by atoms with van der Waals surface area (Å²) in [5.41, 5.74) is 0. The number of piperazine rings is 1. The molecule has 1 aromatic heterocycles. The number of carbonyl (C=O) groups is 1. The summed E-state index contributed by atoms with van der Waals surface area (Å²) < 4.78 is 5.36. The minimum absolute atomic E-state index is 0.342. The van der Waals surface area contributed by atoms with Crippen molar-refractivity contribution in [2.24, 2.45) is 5.92 Å². The Morgan fingerprint density at radius 1 is 1.15 bits per heavy atom. The van der Waals surface area contributed by atoms with Crippen molar-refractivity contribution in [2.45, 2.75) is 77.7 Å². The molecule has 146 valence electrons. The summed E-state index contributed by atoms with van der Waals surface area (Å²) in [6.07, 6.45) is 11.7. The van der Waals surface area contributed by atoms with Gasteiger partial charge in [0.1, 0.15) is 0 Å². The van der Waals surface area contributed by atoms with Crippen molar-refractivity contribution in [3.05, 3.63) is 11.7 Å². The first-order valence-corrected chi connectivity index (χ1v) is 10.6. The molecule has 2 aliphatic rings. The SMILES string of the molecule is CCCCc1noc(CN2CCN(C(=O)CCC3CCCCC3)CC2)n1. The smallest absolute Gasteiger partial charge is 0.240 e. The lowest BCUT2D eigenvalue weighted by molar-refractivity contribution is -0.133. The molecule has 1 saturated carbocycles. The predicted octanol–water partition coefficient (Wildman–Crippen LogP) is 3.42. The van der Waals surface area contributed by atoms with Gasteiger partial charge in [0.2, 0.25) is 11.8 Å². The maximum atomic E-state index is 12.5. The minimum atomic E-state index is 0.342. The van der Waals surface area contributed by atoms with Crippen LogP contribution in [0.2, 0.25) is 0 Å². The number of nitrogens with zero attached hydrogens (tertiary/aromatic N) is 4. The van der Waals surface area contributed by atoms with Crippen LogP contribution < -0.4 is 0 Å². The molecule has 1 aliphatic heterocycles. The van der Waals surface area contributed by atoms with Crippen molar-refractivity contribution in [1.29, 1.82) is 0 Å². The van der Waals surface area contributed by atoms with Crippen LogP contribution in [0.4, 0.5) is 0 Å². The summed E-state index contributed by atoms with van der Waals surface area (Å²) in [5, 5.41) is 4.05. The van der Waals surface area contributed by atoms with E-state index in [1.165, 1.54) is 32.1 Å². The lowest BCUT2D eigenvalue weighted by Gasteiger charge is -2.34. The maximum absolute atomic E-state index is 12.5. The second-order valence-corrected chi connectivity index (χ2v) is 7.91. The zero-order chi connectivity index (χ0) is 18.2. The third-order valence-corrected chi connectivity index (χ3v) is 5.84. The van der Waals surface area contributed by atoms with Gasteiger partial charge in [-0.15, -0.1) is 0 Å². The van der Waals surface area contributed by atoms with Gasteiger partial charge in [0, 0.05) is 39.0 Å². The van der Waals surface area contributed by atoms with E-state index in [-0.39, 0.29) is 0 Å². The highest BCUT2D eigenvalue weighted by Crippen LogP contribution is 2.27. The Hall–Kier alpha value is -1.43. The lowest BCUT2D eigenvalue weighted by atomic mass is 9.86. The third-order valence-electron chi connectivity index (χ3n) is 5.84. The van der Waals surface area contributed by atoms with Crippen LogP contribution in [0.5, 0.6) is 0 Å². The first-order chi connectivity index (χ1) is 12.7. The van der Waals surface area contributed by atoms with Crippen LogP contribution >= 0.6 is 0 Å². The van der Waals surface area contributed by atoms with E-state index in [9.17, 15) is 4.79 Å². The summed E-state index contributed by atoms with van der Waals surface area (Å²) >= 11 is 0. The van der Waals surface area contributed by atoms with Crippen LogP contribution in [-0.2, 0) is 17.8 Å². The van der Waals surface area contributed by atoms with Gasteiger partial charge in [0.25, 0.3) is 0 Å². The molecule has 0 unspecified atom stereocenters. The molecule has 2 fully saturated rings. The molecule has 6 nitrogen and oxygen atoms in total. The topological polar surface area (TPSA) is 62.5 Å². The summed E-state index contributed by atoms with van der Waals surface area (Å²) in [7, 11) is 0. The monoisotopic (exact) mass is 362 g/mol. The summed E-state index contributed by atoms with van der Waals surface area (Å²) in [4.78, 5) is 21.3. The zero-order valence-electron chi connectivity index (χ0n) is 16.3. The molecule has 0 N–H and O–H groups in total. The van der Waals surface area contributed by atoms with E-state index in [0.29, 0.717) is 18.3 Å². The lowest BCUT2D eigenvalue weighted by Crippen LogP contribution is -2.48. The van der Waals surface area contributed by atoms with Gasteiger partial charge in [-0.2, -0.15) is 4.98 Å². The van der Waals surface area contributed by atoms with E-state index in [1.807, 2.05) is 4.90 Å². The van der Waals surface area contributed by atoms with E-state index >= 15 is 0 Å². The van der Waals surface area contributed by atoms with Crippen molar-refractivity contribution in [2.75, 3.05) is 26.2 Å². The molecule has 1 aromatic rings. The van der Waals surface area contributed by atoms with Crippen LogP contribution in [0.3, 0.4) is 0 Å². The number of aromatic nitrogens is 2. The molecular weight excluding hydrogens is 328 g/mol. The molecule has 0 aromatic carbocycles.